The number of rotatable bonds is 6. The SMILES string of the molecule is CCOCCN(C)C(=O)c1cc(S(=O)(=O)Cl)c(C)o1. The molecule has 108 valence electrons. The molecular weight excluding hydrogens is 294 g/mol. The van der Waals surface area contributed by atoms with Crippen LogP contribution in [0.5, 0.6) is 0 Å². The minimum absolute atomic E-state index is 0.0595. The topological polar surface area (TPSA) is 76.8 Å². The van der Waals surface area contributed by atoms with E-state index in [2.05, 4.69) is 0 Å². The molecule has 19 heavy (non-hydrogen) atoms. The number of carbonyl (C=O) groups excluding carboxylic acids is 1. The lowest BCUT2D eigenvalue weighted by molar-refractivity contribution is 0.0680. The highest BCUT2D eigenvalue weighted by atomic mass is 35.7. The first-order chi connectivity index (χ1) is 8.77. The van der Waals surface area contributed by atoms with Gasteiger partial charge in [-0.05, 0) is 13.8 Å². The summed E-state index contributed by atoms with van der Waals surface area (Å²) in [5.41, 5.74) is 0. The van der Waals surface area contributed by atoms with Gasteiger partial charge < -0.3 is 14.1 Å². The normalized spacial score (nSPS) is 11.6. The van der Waals surface area contributed by atoms with Crippen molar-refractivity contribution in [1.82, 2.24) is 4.90 Å². The van der Waals surface area contributed by atoms with Crippen LogP contribution in [0.2, 0.25) is 0 Å². The summed E-state index contributed by atoms with van der Waals surface area (Å²) in [6, 6.07) is 1.14. The monoisotopic (exact) mass is 309 g/mol. The van der Waals surface area contributed by atoms with Crippen LogP contribution in [0.25, 0.3) is 0 Å². The minimum atomic E-state index is -3.91. The fourth-order valence-corrected chi connectivity index (χ4v) is 2.54. The van der Waals surface area contributed by atoms with Crippen molar-refractivity contribution >= 4 is 25.6 Å². The molecule has 1 amide bonds. The zero-order chi connectivity index (χ0) is 14.6. The van der Waals surface area contributed by atoms with Gasteiger partial charge >= 0.3 is 0 Å². The van der Waals surface area contributed by atoms with Gasteiger partial charge in [-0.15, -0.1) is 0 Å². The molecule has 0 atom stereocenters. The van der Waals surface area contributed by atoms with Gasteiger partial charge in [0.25, 0.3) is 15.0 Å². The van der Waals surface area contributed by atoms with Crippen molar-refractivity contribution in [3.8, 4) is 0 Å². The summed E-state index contributed by atoms with van der Waals surface area (Å²) in [5.74, 6) is -0.387. The number of amides is 1. The lowest BCUT2D eigenvalue weighted by Crippen LogP contribution is -2.29. The van der Waals surface area contributed by atoms with Gasteiger partial charge in [0.2, 0.25) is 0 Å². The molecule has 0 radical (unpaired) electrons. The predicted molar refractivity (Wildman–Crippen MR) is 69.9 cm³/mol. The van der Waals surface area contributed by atoms with Gasteiger partial charge in [-0.3, -0.25) is 4.79 Å². The molecule has 0 aliphatic carbocycles. The lowest BCUT2D eigenvalue weighted by Gasteiger charge is -2.15. The first-order valence-electron chi connectivity index (χ1n) is 5.65. The van der Waals surface area contributed by atoms with Crippen LogP contribution in [0.3, 0.4) is 0 Å². The van der Waals surface area contributed by atoms with Gasteiger partial charge in [0.1, 0.15) is 10.7 Å². The summed E-state index contributed by atoms with van der Waals surface area (Å²) in [7, 11) is 2.90. The third kappa shape index (κ3) is 4.22. The molecule has 0 saturated heterocycles. The second-order valence-electron chi connectivity index (χ2n) is 3.89. The van der Waals surface area contributed by atoms with Gasteiger partial charge in [0, 0.05) is 36.9 Å². The second kappa shape index (κ2) is 6.40. The number of ether oxygens (including phenoxy) is 1. The van der Waals surface area contributed by atoms with Crippen LogP contribution in [-0.4, -0.2) is 46.0 Å². The number of likely N-dealkylation sites (N-methyl/N-ethyl adjacent to an activating group) is 1. The van der Waals surface area contributed by atoms with Gasteiger partial charge in [0.15, 0.2) is 5.76 Å². The molecule has 0 aliphatic rings. The first-order valence-corrected chi connectivity index (χ1v) is 7.96. The molecule has 8 heteroatoms. The van der Waals surface area contributed by atoms with E-state index in [1.54, 1.807) is 7.05 Å². The number of furan rings is 1. The first kappa shape index (κ1) is 16.0. The van der Waals surface area contributed by atoms with Gasteiger partial charge in [0.05, 0.1) is 6.61 Å². The largest absolute Gasteiger partial charge is 0.455 e. The zero-order valence-corrected chi connectivity index (χ0v) is 12.5. The van der Waals surface area contributed by atoms with E-state index in [0.717, 1.165) is 6.07 Å². The number of hydrogen-bond donors (Lipinski definition) is 0. The van der Waals surface area contributed by atoms with Gasteiger partial charge in [-0.2, -0.15) is 0 Å². The maximum absolute atomic E-state index is 12.0. The molecule has 0 aliphatic heterocycles. The Morgan fingerprint density at radius 1 is 1.53 bits per heavy atom. The van der Waals surface area contributed by atoms with Crippen LogP contribution in [0.4, 0.5) is 0 Å². The summed E-state index contributed by atoms with van der Waals surface area (Å²) in [6.07, 6.45) is 0. The molecule has 0 N–H and O–H groups in total. The van der Waals surface area contributed by atoms with Crippen LogP contribution in [0.1, 0.15) is 23.2 Å². The second-order valence-corrected chi connectivity index (χ2v) is 6.43. The van der Waals surface area contributed by atoms with Crippen molar-refractivity contribution in [1.29, 1.82) is 0 Å². The van der Waals surface area contributed by atoms with E-state index in [0.29, 0.717) is 19.8 Å². The Bertz CT molecular complexity index is 551. The van der Waals surface area contributed by atoms with Gasteiger partial charge in [-0.25, -0.2) is 8.42 Å². The van der Waals surface area contributed by atoms with Crippen molar-refractivity contribution < 1.29 is 22.4 Å². The van der Waals surface area contributed by atoms with Crippen molar-refractivity contribution in [2.75, 3.05) is 26.8 Å². The maximum atomic E-state index is 12.0. The Balaban J connectivity index is 2.84. The molecule has 0 bridgehead atoms. The van der Waals surface area contributed by atoms with Crippen molar-refractivity contribution in [2.45, 2.75) is 18.7 Å². The Morgan fingerprint density at radius 2 is 2.16 bits per heavy atom. The highest BCUT2D eigenvalue weighted by Crippen LogP contribution is 2.24. The van der Waals surface area contributed by atoms with Crippen LogP contribution in [0.15, 0.2) is 15.4 Å². The van der Waals surface area contributed by atoms with E-state index in [-0.39, 0.29) is 16.4 Å². The minimum Gasteiger partial charge on any atom is -0.455 e. The lowest BCUT2D eigenvalue weighted by atomic mass is 10.4. The molecule has 0 spiro atoms. The standard InChI is InChI=1S/C11H16ClNO5S/c1-4-17-6-5-13(3)11(14)9-7-10(8(2)18-9)19(12,15)16/h7H,4-6H2,1-3H3. The molecule has 0 aromatic carbocycles. The Kier molecular flexibility index (Phi) is 5.39. The molecular formula is C11H16ClNO5S. The number of hydrogen-bond acceptors (Lipinski definition) is 5. The Labute approximate surface area is 116 Å². The third-order valence-electron chi connectivity index (χ3n) is 2.47. The molecule has 1 aromatic heterocycles. The maximum Gasteiger partial charge on any atom is 0.289 e. The van der Waals surface area contributed by atoms with E-state index >= 15 is 0 Å². The van der Waals surface area contributed by atoms with E-state index in [4.69, 9.17) is 19.8 Å². The van der Waals surface area contributed by atoms with E-state index < -0.39 is 15.0 Å². The molecule has 1 rings (SSSR count). The Morgan fingerprint density at radius 3 is 2.63 bits per heavy atom. The van der Waals surface area contributed by atoms with E-state index in [1.165, 1.54) is 11.8 Å². The summed E-state index contributed by atoms with van der Waals surface area (Å²) >= 11 is 0. The smallest absolute Gasteiger partial charge is 0.289 e. The average molecular weight is 310 g/mol. The molecule has 1 heterocycles. The molecule has 0 unspecified atom stereocenters. The van der Waals surface area contributed by atoms with Crippen LogP contribution < -0.4 is 0 Å². The molecule has 6 nitrogen and oxygen atoms in total. The number of halogens is 1. The van der Waals surface area contributed by atoms with Crippen LogP contribution >= 0.6 is 10.7 Å². The highest BCUT2D eigenvalue weighted by molar-refractivity contribution is 8.13. The van der Waals surface area contributed by atoms with E-state index in [9.17, 15) is 13.2 Å². The molecule has 0 fully saturated rings. The van der Waals surface area contributed by atoms with Gasteiger partial charge in [-0.1, -0.05) is 0 Å². The summed E-state index contributed by atoms with van der Waals surface area (Å²) in [4.78, 5) is 13.2. The number of carbonyl (C=O) groups is 1. The number of aryl methyl sites for hydroxylation is 1. The zero-order valence-electron chi connectivity index (χ0n) is 11.0. The average Bonchev–Trinajstić information content (AvgIpc) is 2.70. The Hall–Kier alpha value is -1.05. The van der Waals surface area contributed by atoms with Crippen molar-refractivity contribution in [3.63, 3.8) is 0 Å². The highest BCUT2D eigenvalue weighted by Gasteiger charge is 2.23. The number of nitrogens with zero attached hydrogens (tertiary/aromatic N) is 1. The third-order valence-corrected chi connectivity index (χ3v) is 3.90. The van der Waals surface area contributed by atoms with Crippen molar-refractivity contribution in [3.05, 3.63) is 17.6 Å². The fraction of sp³-hybridized carbons (Fsp3) is 0.545. The van der Waals surface area contributed by atoms with Crippen LogP contribution in [-0.2, 0) is 13.8 Å². The molecule has 0 saturated carbocycles. The van der Waals surface area contributed by atoms with E-state index in [1.807, 2.05) is 6.92 Å². The summed E-state index contributed by atoms with van der Waals surface area (Å²) in [6.45, 7) is 4.65. The summed E-state index contributed by atoms with van der Waals surface area (Å²) in [5, 5.41) is 0. The fourth-order valence-electron chi connectivity index (χ4n) is 1.45. The summed E-state index contributed by atoms with van der Waals surface area (Å²) < 4.78 is 32.7. The predicted octanol–water partition coefficient (Wildman–Crippen LogP) is 1.62. The quantitative estimate of drug-likeness (QED) is 0.589. The van der Waals surface area contributed by atoms with Crippen LogP contribution in [0, 0.1) is 6.92 Å². The van der Waals surface area contributed by atoms with Crippen molar-refractivity contribution in [2.24, 2.45) is 0 Å². The molecule has 1 aromatic rings.